The molecule has 2 atom stereocenters. The molecular weight excluding hydrogens is 232 g/mol. The van der Waals surface area contributed by atoms with Crippen molar-refractivity contribution in [3.05, 3.63) is 11.6 Å². The van der Waals surface area contributed by atoms with Crippen LogP contribution in [0.15, 0.2) is 11.6 Å². The van der Waals surface area contributed by atoms with Crippen LogP contribution in [0.3, 0.4) is 0 Å². The van der Waals surface area contributed by atoms with Crippen LogP contribution in [0.25, 0.3) is 0 Å². The van der Waals surface area contributed by atoms with Crippen LogP contribution in [0.5, 0.6) is 0 Å². The minimum absolute atomic E-state index is 0.619. The van der Waals surface area contributed by atoms with Gasteiger partial charge in [0.2, 0.25) is 0 Å². The Bertz CT molecular complexity index is 300. The van der Waals surface area contributed by atoms with Gasteiger partial charge in [-0.1, -0.05) is 25.5 Å². The zero-order chi connectivity index (χ0) is 11.2. The number of allylic oxidation sites excluding steroid dienone is 2. The van der Waals surface area contributed by atoms with Crippen LogP contribution in [0, 0.1) is 17.3 Å². The van der Waals surface area contributed by atoms with E-state index in [9.17, 15) is 0 Å². The standard InChI is InChI=1S/C14H22S2/c1-14(2)11-5-4-10(12(14)9-11)8-13-15-6-3-7-16-13/h4,11-13H,3,5-9H2,1-2H3. The van der Waals surface area contributed by atoms with Crippen molar-refractivity contribution in [2.75, 3.05) is 11.5 Å². The Labute approximate surface area is 108 Å². The Morgan fingerprint density at radius 3 is 2.69 bits per heavy atom. The summed E-state index contributed by atoms with van der Waals surface area (Å²) in [7, 11) is 0. The van der Waals surface area contributed by atoms with E-state index in [0.29, 0.717) is 5.41 Å². The van der Waals surface area contributed by atoms with Gasteiger partial charge in [-0.15, -0.1) is 23.5 Å². The molecule has 0 spiro atoms. The predicted octanol–water partition coefficient (Wildman–Crippen LogP) is 4.57. The van der Waals surface area contributed by atoms with Gasteiger partial charge in [-0.2, -0.15) is 0 Å². The lowest BCUT2D eigenvalue weighted by atomic mass is 9.48. The summed E-state index contributed by atoms with van der Waals surface area (Å²) >= 11 is 4.40. The average Bonchev–Trinajstić information content (AvgIpc) is 2.30. The normalized spacial score (nSPS) is 37.8. The Morgan fingerprint density at radius 1 is 1.31 bits per heavy atom. The summed E-state index contributed by atoms with van der Waals surface area (Å²) in [6.45, 7) is 4.97. The largest absolute Gasteiger partial charge is 0.147 e. The second-order valence-electron chi connectivity index (χ2n) is 6.05. The van der Waals surface area contributed by atoms with Crippen LogP contribution in [0.4, 0.5) is 0 Å². The van der Waals surface area contributed by atoms with E-state index in [1.807, 2.05) is 0 Å². The van der Waals surface area contributed by atoms with Gasteiger partial charge in [0.05, 0.1) is 4.58 Å². The molecule has 4 rings (SSSR count). The summed E-state index contributed by atoms with van der Waals surface area (Å²) in [6.07, 6.45) is 8.22. The highest BCUT2D eigenvalue weighted by molar-refractivity contribution is 8.17. The van der Waals surface area contributed by atoms with E-state index in [1.165, 1.54) is 37.2 Å². The quantitative estimate of drug-likeness (QED) is 0.662. The number of hydrogen-bond acceptors (Lipinski definition) is 2. The van der Waals surface area contributed by atoms with Crippen LogP contribution in [-0.4, -0.2) is 16.1 Å². The molecule has 0 aromatic rings. The molecule has 2 unspecified atom stereocenters. The first-order valence-electron chi connectivity index (χ1n) is 6.60. The molecule has 2 heteroatoms. The van der Waals surface area contributed by atoms with E-state index < -0.39 is 0 Å². The molecule has 2 fully saturated rings. The SMILES string of the molecule is CC1(C)C2CC=C(CC3SCCCS3)C1C2. The summed E-state index contributed by atoms with van der Waals surface area (Å²) in [5.41, 5.74) is 2.42. The van der Waals surface area contributed by atoms with Gasteiger partial charge < -0.3 is 0 Å². The van der Waals surface area contributed by atoms with E-state index in [1.54, 1.807) is 5.57 Å². The summed E-state index contributed by atoms with van der Waals surface area (Å²) in [5.74, 6) is 4.70. The van der Waals surface area contributed by atoms with E-state index in [-0.39, 0.29) is 0 Å². The van der Waals surface area contributed by atoms with Gasteiger partial charge in [-0.05, 0) is 54.4 Å². The Balaban J connectivity index is 1.65. The molecule has 0 amide bonds. The van der Waals surface area contributed by atoms with Gasteiger partial charge in [-0.25, -0.2) is 0 Å². The molecule has 1 saturated carbocycles. The van der Waals surface area contributed by atoms with Crippen molar-refractivity contribution in [2.24, 2.45) is 17.3 Å². The smallest absolute Gasteiger partial charge is 0.0539 e. The molecule has 4 aliphatic rings. The van der Waals surface area contributed by atoms with Crippen LogP contribution < -0.4 is 0 Å². The van der Waals surface area contributed by atoms with E-state index in [0.717, 1.165) is 16.4 Å². The van der Waals surface area contributed by atoms with Crippen LogP contribution >= 0.6 is 23.5 Å². The minimum Gasteiger partial charge on any atom is -0.147 e. The first-order chi connectivity index (χ1) is 7.68. The molecule has 0 aromatic carbocycles. The molecule has 0 N–H and O–H groups in total. The van der Waals surface area contributed by atoms with Gasteiger partial charge >= 0.3 is 0 Å². The van der Waals surface area contributed by atoms with Crippen molar-refractivity contribution in [1.29, 1.82) is 0 Å². The molecule has 0 aromatic heterocycles. The third-order valence-electron chi connectivity index (χ3n) is 4.88. The minimum atomic E-state index is 0.619. The lowest BCUT2D eigenvalue weighted by molar-refractivity contribution is -0.00782. The first kappa shape index (κ1) is 11.5. The van der Waals surface area contributed by atoms with E-state index in [2.05, 4.69) is 43.4 Å². The molecule has 1 saturated heterocycles. The fraction of sp³-hybridized carbons (Fsp3) is 0.857. The third-order valence-corrected chi connectivity index (χ3v) is 7.82. The zero-order valence-electron chi connectivity index (χ0n) is 10.4. The Hall–Kier alpha value is 0.440. The second kappa shape index (κ2) is 4.28. The molecule has 16 heavy (non-hydrogen) atoms. The maximum atomic E-state index is 2.58. The van der Waals surface area contributed by atoms with Gasteiger partial charge in [0, 0.05) is 0 Å². The second-order valence-corrected chi connectivity index (χ2v) is 8.97. The van der Waals surface area contributed by atoms with Crippen molar-refractivity contribution in [3.8, 4) is 0 Å². The average molecular weight is 254 g/mol. The zero-order valence-corrected chi connectivity index (χ0v) is 12.0. The van der Waals surface area contributed by atoms with Crippen LogP contribution in [0.2, 0.25) is 0 Å². The Morgan fingerprint density at radius 2 is 2.06 bits per heavy atom. The molecule has 0 radical (unpaired) electrons. The fourth-order valence-corrected chi connectivity index (χ4v) is 6.47. The van der Waals surface area contributed by atoms with E-state index in [4.69, 9.17) is 0 Å². The van der Waals surface area contributed by atoms with Crippen molar-refractivity contribution in [2.45, 2.75) is 44.1 Å². The number of hydrogen-bond donors (Lipinski definition) is 0. The summed E-state index contributed by atoms with van der Waals surface area (Å²) in [6, 6.07) is 0. The third kappa shape index (κ3) is 1.86. The maximum Gasteiger partial charge on any atom is 0.0539 e. The van der Waals surface area contributed by atoms with Gasteiger partial charge in [-0.3, -0.25) is 0 Å². The highest BCUT2D eigenvalue weighted by atomic mass is 32.2. The van der Waals surface area contributed by atoms with Gasteiger partial charge in [0.15, 0.2) is 0 Å². The molecule has 90 valence electrons. The van der Waals surface area contributed by atoms with E-state index >= 15 is 0 Å². The maximum absolute atomic E-state index is 2.58. The number of rotatable bonds is 2. The van der Waals surface area contributed by atoms with Crippen molar-refractivity contribution in [3.63, 3.8) is 0 Å². The lowest BCUT2D eigenvalue weighted by Crippen LogP contribution is -2.48. The Kier molecular flexibility index (Phi) is 3.08. The van der Waals surface area contributed by atoms with Crippen molar-refractivity contribution in [1.82, 2.24) is 0 Å². The summed E-state index contributed by atoms with van der Waals surface area (Å²) in [5, 5.41) is 0. The molecule has 3 aliphatic carbocycles. The number of fused-ring (bicyclic) bond motifs is 1. The monoisotopic (exact) mass is 254 g/mol. The molecule has 0 nitrogen and oxygen atoms in total. The van der Waals surface area contributed by atoms with Gasteiger partial charge in [0.25, 0.3) is 0 Å². The highest BCUT2D eigenvalue weighted by Crippen LogP contribution is 2.60. The van der Waals surface area contributed by atoms with Crippen LogP contribution in [-0.2, 0) is 0 Å². The van der Waals surface area contributed by atoms with Crippen LogP contribution in [0.1, 0.15) is 39.5 Å². The summed E-state index contributed by atoms with van der Waals surface area (Å²) < 4.78 is 0.868. The van der Waals surface area contributed by atoms with Gasteiger partial charge in [0.1, 0.15) is 0 Å². The molecule has 1 aliphatic heterocycles. The predicted molar refractivity (Wildman–Crippen MR) is 76.0 cm³/mol. The molecule has 1 heterocycles. The first-order valence-corrected chi connectivity index (χ1v) is 8.70. The topological polar surface area (TPSA) is 0 Å². The van der Waals surface area contributed by atoms with Crippen molar-refractivity contribution < 1.29 is 0 Å². The summed E-state index contributed by atoms with van der Waals surface area (Å²) in [4.78, 5) is 0. The fourth-order valence-electron chi connectivity index (χ4n) is 3.55. The highest BCUT2D eigenvalue weighted by Gasteiger charge is 2.51. The molecule has 2 bridgehead atoms. The molecular formula is C14H22S2. The lowest BCUT2D eigenvalue weighted by Gasteiger charge is -2.57. The number of thioether (sulfide) groups is 2. The van der Waals surface area contributed by atoms with Crippen molar-refractivity contribution >= 4 is 23.5 Å².